The van der Waals surface area contributed by atoms with Gasteiger partial charge in [-0.2, -0.15) is 5.26 Å². The van der Waals surface area contributed by atoms with Gasteiger partial charge in [0.1, 0.15) is 12.4 Å². The number of benzene rings is 3. The minimum Gasteiger partial charge on any atom is -0.548 e. The molecule has 0 fully saturated rings. The van der Waals surface area contributed by atoms with E-state index < -0.39 is 12.0 Å². The normalized spacial score (nSPS) is 11.4. The zero-order valence-electron chi connectivity index (χ0n) is 18.4. The lowest BCUT2D eigenvalue weighted by Crippen LogP contribution is -2.34. The van der Waals surface area contributed by atoms with Crippen LogP contribution in [0.15, 0.2) is 66.7 Å². The van der Waals surface area contributed by atoms with E-state index in [2.05, 4.69) is 24.4 Å². The van der Waals surface area contributed by atoms with Crippen molar-refractivity contribution in [3.05, 3.63) is 94.5 Å². The van der Waals surface area contributed by atoms with E-state index in [0.717, 1.165) is 36.0 Å². The second kappa shape index (κ2) is 11.0. The zero-order valence-corrected chi connectivity index (χ0v) is 18.4. The Hall–Kier alpha value is -3.78. The van der Waals surface area contributed by atoms with Gasteiger partial charge in [0.25, 0.3) is 0 Å². The lowest BCUT2D eigenvalue weighted by Gasteiger charge is -2.26. The number of nitriles is 1. The second-order valence-electron chi connectivity index (χ2n) is 7.64. The van der Waals surface area contributed by atoms with Gasteiger partial charge in [0.05, 0.1) is 23.6 Å². The van der Waals surface area contributed by atoms with Gasteiger partial charge in [-0.05, 0) is 59.9 Å². The molecule has 1 atom stereocenters. The molecule has 1 unspecified atom stereocenters. The molecule has 0 spiro atoms. The average molecular weight is 428 g/mol. The highest BCUT2D eigenvalue weighted by atomic mass is 16.5. The Labute approximate surface area is 189 Å². The highest BCUT2D eigenvalue weighted by Crippen LogP contribution is 2.34. The van der Waals surface area contributed by atoms with Gasteiger partial charge < -0.3 is 20.0 Å². The van der Waals surface area contributed by atoms with Crippen LogP contribution in [0.3, 0.4) is 0 Å². The Morgan fingerprint density at radius 3 is 2.38 bits per heavy atom. The summed E-state index contributed by atoms with van der Waals surface area (Å²) in [5, 5.41) is 24.3. The number of nitrogens with zero attached hydrogens (tertiary/aromatic N) is 1. The van der Waals surface area contributed by atoms with E-state index in [9.17, 15) is 9.90 Å². The summed E-state index contributed by atoms with van der Waals surface area (Å²) in [6.45, 7) is 4.47. The van der Waals surface area contributed by atoms with Crippen molar-refractivity contribution in [2.24, 2.45) is 0 Å². The Morgan fingerprint density at radius 2 is 1.78 bits per heavy atom. The first kappa shape index (κ1) is 22.9. The maximum atomic E-state index is 12.2. The van der Waals surface area contributed by atoms with E-state index in [1.165, 1.54) is 0 Å². The Kier molecular flexibility index (Phi) is 7.88. The molecule has 5 nitrogen and oxygen atoms in total. The largest absolute Gasteiger partial charge is 0.548 e. The van der Waals surface area contributed by atoms with Gasteiger partial charge in [-0.25, -0.2) is 0 Å². The van der Waals surface area contributed by atoms with E-state index in [1.807, 2.05) is 43.3 Å². The van der Waals surface area contributed by atoms with Crippen LogP contribution in [-0.2, 0) is 24.2 Å². The molecule has 5 heteroatoms. The summed E-state index contributed by atoms with van der Waals surface area (Å²) >= 11 is 0. The first-order valence-corrected chi connectivity index (χ1v) is 10.9. The number of carboxylic acid groups (broad SMARTS) is 1. The molecule has 32 heavy (non-hydrogen) atoms. The molecule has 0 aliphatic heterocycles. The molecule has 3 aromatic carbocycles. The fourth-order valence-corrected chi connectivity index (χ4v) is 3.63. The summed E-state index contributed by atoms with van der Waals surface area (Å²) in [5.74, 6) is -0.655. The summed E-state index contributed by atoms with van der Waals surface area (Å²) < 4.78 is 6.24. The molecule has 0 saturated carbocycles. The maximum absolute atomic E-state index is 12.2. The number of aliphatic carboxylic acids is 1. The van der Waals surface area contributed by atoms with Crippen LogP contribution in [0.2, 0.25) is 0 Å². The van der Waals surface area contributed by atoms with Crippen molar-refractivity contribution in [3.8, 4) is 11.8 Å². The third-order valence-corrected chi connectivity index (χ3v) is 5.28. The maximum Gasteiger partial charge on any atom is 0.128 e. The molecular weight excluding hydrogens is 400 g/mol. The van der Waals surface area contributed by atoms with Crippen LogP contribution in [0.4, 0.5) is 5.69 Å². The minimum absolute atomic E-state index is 0.340. The van der Waals surface area contributed by atoms with Gasteiger partial charge >= 0.3 is 0 Å². The summed E-state index contributed by atoms with van der Waals surface area (Å²) in [5.41, 5.74) is 4.68. The van der Waals surface area contributed by atoms with Gasteiger partial charge in [-0.3, -0.25) is 0 Å². The van der Waals surface area contributed by atoms with E-state index >= 15 is 0 Å². The molecule has 0 heterocycles. The average Bonchev–Trinajstić information content (AvgIpc) is 2.82. The topological polar surface area (TPSA) is 85.2 Å². The number of hydrogen-bond donors (Lipinski definition) is 1. The summed E-state index contributed by atoms with van der Waals surface area (Å²) in [4.78, 5) is 12.2. The summed E-state index contributed by atoms with van der Waals surface area (Å²) in [7, 11) is 0. The fraction of sp³-hybridized carbons (Fsp3) is 0.259. The van der Waals surface area contributed by atoms with Gasteiger partial charge in [-0.15, -0.1) is 0 Å². The second-order valence-corrected chi connectivity index (χ2v) is 7.64. The Bertz CT molecular complexity index is 1090. The van der Waals surface area contributed by atoms with E-state index in [1.54, 1.807) is 24.3 Å². The van der Waals surface area contributed by atoms with Crippen molar-refractivity contribution in [3.63, 3.8) is 0 Å². The highest BCUT2D eigenvalue weighted by molar-refractivity contribution is 5.79. The van der Waals surface area contributed by atoms with Crippen LogP contribution >= 0.6 is 0 Å². The predicted octanol–water partition coefficient (Wildman–Crippen LogP) is 4.56. The van der Waals surface area contributed by atoms with Crippen LogP contribution < -0.4 is 15.2 Å². The number of rotatable bonds is 10. The molecule has 1 N–H and O–H groups in total. The molecule has 0 radical (unpaired) electrons. The number of carboxylic acids is 1. The van der Waals surface area contributed by atoms with Gasteiger partial charge in [0.2, 0.25) is 0 Å². The third kappa shape index (κ3) is 5.67. The van der Waals surface area contributed by atoms with Crippen LogP contribution in [0.25, 0.3) is 0 Å². The summed E-state index contributed by atoms with van der Waals surface area (Å²) in [6, 6.07) is 21.4. The minimum atomic E-state index is -1.24. The zero-order chi connectivity index (χ0) is 22.9. The summed E-state index contributed by atoms with van der Waals surface area (Å²) in [6.07, 6.45) is 2.47. The Morgan fingerprint density at radius 1 is 1.06 bits per heavy atom. The standard InChI is InChI=1S/C27H28N2O3/c1-3-8-22-15-19(4-2)16-24(26(22)32-18-21-9-6-5-7-10-21)25(27(30)31)29-23-13-11-20(17-28)12-14-23/h5-7,9-16,25,29H,3-4,8,18H2,1-2H3,(H,30,31)/p-1. The molecule has 3 aromatic rings. The quantitative estimate of drug-likeness (QED) is 0.513. The molecule has 0 aliphatic rings. The van der Waals surface area contributed by atoms with Crippen LogP contribution in [-0.4, -0.2) is 5.97 Å². The highest BCUT2D eigenvalue weighted by Gasteiger charge is 2.22. The molecule has 0 aromatic heterocycles. The van der Waals surface area contributed by atoms with Crippen molar-refractivity contribution in [2.75, 3.05) is 5.32 Å². The molecule has 0 bridgehead atoms. The molecule has 164 valence electrons. The van der Waals surface area contributed by atoms with E-state index in [4.69, 9.17) is 10.00 Å². The lowest BCUT2D eigenvalue weighted by atomic mass is 9.95. The number of hydrogen-bond acceptors (Lipinski definition) is 5. The number of carbonyl (C=O) groups is 1. The SMILES string of the molecule is CCCc1cc(CC)cc(C(Nc2ccc(C#N)cc2)C(=O)[O-])c1OCc1ccccc1. The molecule has 0 amide bonds. The van der Waals surface area contributed by atoms with Crippen molar-refractivity contribution in [1.29, 1.82) is 5.26 Å². The number of ether oxygens (including phenoxy) is 1. The van der Waals surface area contributed by atoms with Crippen molar-refractivity contribution in [2.45, 2.75) is 45.8 Å². The predicted molar refractivity (Wildman–Crippen MR) is 123 cm³/mol. The first-order valence-electron chi connectivity index (χ1n) is 10.9. The number of carbonyl (C=O) groups excluding carboxylic acids is 1. The molecule has 3 rings (SSSR count). The third-order valence-electron chi connectivity index (χ3n) is 5.28. The Balaban J connectivity index is 2.03. The number of aryl methyl sites for hydroxylation is 2. The molecular formula is C27H27N2O3-. The molecule has 0 aliphatic carbocycles. The van der Waals surface area contributed by atoms with Gasteiger partial charge in [-0.1, -0.05) is 56.7 Å². The van der Waals surface area contributed by atoms with E-state index in [0.29, 0.717) is 29.2 Å². The van der Waals surface area contributed by atoms with Crippen molar-refractivity contribution >= 4 is 11.7 Å². The fourth-order valence-electron chi connectivity index (χ4n) is 3.63. The molecule has 0 saturated heterocycles. The number of anilines is 1. The van der Waals surface area contributed by atoms with Crippen LogP contribution in [0.1, 0.15) is 54.1 Å². The van der Waals surface area contributed by atoms with Crippen molar-refractivity contribution in [1.82, 2.24) is 0 Å². The van der Waals surface area contributed by atoms with Gasteiger partial charge in [0, 0.05) is 11.3 Å². The monoisotopic (exact) mass is 427 g/mol. The van der Waals surface area contributed by atoms with Crippen molar-refractivity contribution < 1.29 is 14.6 Å². The lowest BCUT2D eigenvalue weighted by molar-refractivity contribution is -0.307. The van der Waals surface area contributed by atoms with Gasteiger partial charge in [0.15, 0.2) is 0 Å². The number of nitrogens with one attached hydrogen (secondary N) is 1. The smallest absolute Gasteiger partial charge is 0.128 e. The first-order chi connectivity index (χ1) is 15.5. The van der Waals surface area contributed by atoms with E-state index in [-0.39, 0.29) is 0 Å². The van der Waals surface area contributed by atoms with Crippen LogP contribution in [0, 0.1) is 11.3 Å². The van der Waals surface area contributed by atoms with Crippen LogP contribution in [0.5, 0.6) is 5.75 Å².